The van der Waals surface area contributed by atoms with Gasteiger partial charge in [0.05, 0.1) is 17.9 Å². The number of ketones is 1. The summed E-state index contributed by atoms with van der Waals surface area (Å²) >= 11 is 0. The maximum absolute atomic E-state index is 13.0. The van der Waals surface area contributed by atoms with Crippen LogP contribution in [0.15, 0.2) is 18.2 Å². The Labute approximate surface area is 110 Å². The molecule has 1 amide bonds. The SMILES string of the molecule is O=C1C(=O)N(CCOCC(F)(F)F)c2ccc(F)cc21. The zero-order chi connectivity index (χ0) is 14.9. The Hall–Kier alpha value is -1.96. The van der Waals surface area contributed by atoms with E-state index in [0.29, 0.717) is 0 Å². The highest BCUT2D eigenvalue weighted by Crippen LogP contribution is 2.29. The number of ether oxygens (including phenoxy) is 1. The molecule has 0 spiro atoms. The molecule has 0 bridgehead atoms. The maximum atomic E-state index is 13.0. The lowest BCUT2D eigenvalue weighted by Crippen LogP contribution is -2.33. The van der Waals surface area contributed by atoms with Crippen molar-refractivity contribution in [2.45, 2.75) is 6.18 Å². The van der Waals surface area contributed by atoms with Crippen molar-refractivity contribution in [1.29, 1.82) is 0 Å². The summed E-state index contributed by atoms with van der Waals surface area (Å²) in [6.07, 6.45) is -4.45. The average Bonchev–Trinajstić information content (AvgIpc) is 2.58. The molecule has 0 N–H and O–H groups in total. The highest BCUT2D eigenvalue weighted by Gasteiger charge is 2.36. The van der Waals surface area contributed by atoms with E-state index >= 15 is 0 Å². The third-order valence-corrected chi connectivity index (χ3v) is 2.66. The molecule has 0 saturated heterocycles. The number of carbonyl (C=O) groups is 2. The quantitative estimate of drug-likeness (QED) is 0.484. The van der Waals surface area contributed by atoms with Gasteiger partial charge in [0.25, 0.3) is 11.7 Å². The number of hydrogen-bond donors (Lipinski definition) is 0. The normalized spacial score (nSPS) is 14.9. The lowest BCUT2D eigenvalue weighted by Gasteiger charge is -2.16. The molecular formula is C12H9F4NO3. The molecule has 0 saturated carbocycles. The predicted octanol–water partition coefficient (Wildman–Crippen LogP) is 1.93. The van der Waals surface area contributed by atoms with Crippen molar-refractivity contribution in [2.24, 2.45) is 0 Å². The van der Waals surface area contributed by atoms with Crippen molar-refractivity contribution in [3.63, 3.8) is 0 Å². The molecule has 0 fully saturated rings. The Bertz CT molecular complexity index is 556. The Morgan fingerprint density at radius 2 is 1.90 bits per heavy atom. The van der Waals surface area contributed by atoms with Crippen LogP contribution in [-0.4, -0.2) is 37.6 Å². The van der Waals surface area contributed by atoms with Crippen molar-refractivity contribution in [2.75, 3.05) is 24.7 Å². The van der Waals surface area contributed by atoms with Gasteiger partial charge >= 0.3 is 6.18 Å². The number of halogens is 4. The first-order chi connectivity index (χ1) is 9.29. The number of benzene rings is 1. The van der Waals surface area contributed by atoms with Gasteiger partial charge in [-0.05, 0) is 18.2 Å². The van der Waals surface area contributed by atoms with Crippen molar-refractivity contribution < 1.29 is 31.9 Å². The second-order valence-electron chi connectivity index (χ2n) is 4.12. The maximum Gasteiger partial charge on any atom is 0.411 e. The van der Waals surface area contributed by atoms with Gasteiger partial charge in [-0.25, -0.2) is 4.39 Å². The molecule has 4 nitrogen and oxygen atoms in total. The minimum Gasteiger partial charge on any atom is -0.370 e. The first-order valence-electron chi connectivity index (χ1n) is 5.60. The number of nitrogens with zero attached hydrogens (tertiary/aromatic N) is 1. The van der Waals surface area contributed by atoms with Gasteiger partial charge in [-0.3, -0.25) is 9.59 Å². The highest BCUT2D eigenvalue weighted by atomic mass is 19.4. The van der Waals surface area contributed by atoms with Crippen LogP contribution in [0, 0.1) is 5.82 Å². The molecule has 108 valence electrons. The van der Waals surface area contributed by atoms with Gasteiger partial charge in [-0.2, -0.15) is 13.2 Å². The molecule has 1 aromatic rings. The number of amides is 1. The molecule has 0 aromatic heterocycles. The zero-order valence-electron chi connectivity index (χ0n) is 10.0. The molecule has 0 unspecified atom stereocenters. The van der Waals surface area contributed by atoms with Gasteiger partial charge < -0.3 is 9.64 Å². The van der Waals surface area contributed by atoms with E-state index in [1.165, 1.54) is 6.07 Å². The molecule has 2 rings (SSSR count). The van der Waals surface area contributed by atoms with Crippen LogP contribution in [0.1, 0.15) is 10.4 Å². The lowest BCUT2D eigenvalue weighted by molar-refractivity contribution is -0.173. The minimum absolute atomic E-state index is 0.0918. The van der Waals surface area contributed by atoms with Crippen LogP contribution in [0.25, 0.3) is 0 Å². The molecule has 1 aliphatic heterocycles. The van der Waals surface area contributed by atoms with Crippen molar-refractivity contribution >= 4 is 17.4 Å². The molecule has 8 heteroatoms. The summed E-state index contributed by atoms with van der Waals surface area (Å²) in [6, 6.07) is 3.22. The molecule has 0 radical (unpaired) electrons. The number of anilines is 1. The van der Waals surface area contributed by atoms with Gasteiger partial charge in [0.2, 0.25) is 0 Å². The van der Waals surface area contributed by atoms with Crippen LogP contribution in [0.4, 0.5) is 23.2 Å². The Balaban J connectivity index is 2.03. The highest BCUT2D eigenvalue weighted by molar-refractivity contribution is 6.52. The van der Waals surface area contributed by atoms with Gasteiger partial charge in [0.1, 0.15) is 12.4 Å². The standard InChI is InChI=1S/C12H9F4NO3/c13-7-1-2-9-8(5-7)10(18)11(19)17(9)3-4-20-6-12(14,15)16/h1-2,5H,3-4,6H2. The molecular weight excluding hydrogens is 282 g/mol. The number of alkyl halides is 3. The number of hydrogen-bond acceptors (Lipinski definition) is 3. The largest absolute Gasteiger partial charge is 0.411 e. The van der Waals surface area contributed by atoms with Crippen LogP contribution in [0.2, 0.25) is 0 Å². The van der Waals surface area contributed by atoms with Crippen LogP contribution in [-0.2, 0) is 9.53 Å². The molecule has 1 aromatic carbocycles. The molecule has 0 atom stereocenters. The summed E-state index contributed by atoms with van der Waals surface area (Å²) in [7, 11) is 0. The topological polar surface area (TPSA) is 46.6 Å². The molecule has 20 heavy (non-hydrogen) atoms. The van der Waals surface area contributed by atoms with Gasteiger partial charge in [0.15, 0.2) is 0 Å². The summed E-state index contributed by atoms with van der Waals surface area (Å²) in [5.74, 6) is -2.45. The van der Waals surface area contributed by atoms with Crippen molar-refractivity contribution in [3.8, 4) is 0 Å². The third-order valence-electron chi connectivity index (χ3n) is 2.66. The monoisotopic (exact) mass is 291 g/mol. The van der Waals surface area contributed by atoms with Crippen molar-refractivity contribution in [3.05, 3.63) is 29.6 Å². The first-order valence-corrected chi connectivity index (χ1v) is 5.60. The summed E-state index contributed by atoms with van der Waals surface area (Å²) in [6.45, 7) is -2.02. The Kier molecular flexibility index (Phi) is 3.76. The van der Waals surface area contributed by atoms with Gasteiger partial charge in [0, 0.05) is 6.54 Å². The van der Waals surface area contributed by atoms with Gasteiger partial charge in [-0.1, -0.05) is 0 Å². The zero-order valence-corrected chi connectivity index (χ0v) is 10.0. The van der Waals surface area contributed by atoms with Crippen LogP contribution in [0.5, 0.6) is 0 Å². The van der Waals surface area contributed by atoms with E-state index < -0.39 is 30.3 Å². The Morgan fingerprint density at radius 3 is 2.55 bits per heavy atom. The summed E-state index contributed by atoms with van der Waals surface area (Å²) in [5, 5.41) is 0. The van der Waals surface area contributed by atoms with E-state index in [1.807, 2.05) is 0 Å². The van der Waals surface area contributed by atoms with Crippen LogP contribution in [0.3, 0.4) is 0 Å². The summed E-state index contributed by atoms with van der Waals surface area (Å²) < 4.78 is 53.0. The van der Waals surface area contributed by atoms with Gasteiger partial charge in [-0.15, -0.1) is 0 Å². The average molecular weight is 291 g/mol. The fourth-order valence-electron chi connectivity index (χ4n) is 1.84. The van der Waals surface area contributed by atoms with E-state index in [1.54, 1.807) is 0 Å². The van der Waals surface area contributed by atoms with Crippen LogP contribution >= 0.6 is 0 Å². The number of fused-ring (bicyclic) bond motifs is 1. The second kappa shape index (κ2) is 5.20. The molecule has 1 aliphatic rings. The van der Waals surface area contributed by atoms with E-state index in [2.05, 4.69) is 4.74 Å². The van der Waals surface area contributed by atoms with E-state index in [0.717, 1.165) is 17.0 Å². The number of Topliss-reactive ketones (excluding diaryl/α,β-unsaturated/α-hetero) is 1. The smallest absolute Gasteiger partial charge is 0.370 e. The fraction of sp³-hybridized carbons (Fsp3) is 0.333. The van der Waals surface area contributed by atoms with Crippen LogP contribution < -0.4 is 4.90 Å². The second-order valence-corrected chi connectivity index (χ2v) is 4.12. The minimum atomic E-state index is -4.45. The lowest BCUT2D eigenvalue weighted by atomic mass is 10.1. The first kappa shape index (κ1) is 14.4. The number of rotatable bonds is 4. The fourth-order valence-corrected chi connectivity index (χ4v) is 1.84. The van der Waals surface area contributed by atoms with Crippen molar-refractivity contribution in [1.82, 2.24) is 0 Å². The molecule has 1 heterocycles. The van der Waals surface area contributed by atoms with E-state index in [9.17, 15) is 27.2 Å². The predicted molar refractivity (Wildman–Crippen MR) is 60.0 cm³/mol. The number of carbonyl (C=O) groups excluding carboxylic acids is 2. The Morgan fingerprint density at radius 1 is 1.20 bits per heavy atom. The van der Waals surface area contributed by atoms with E-state index in [-0.39, 0.29) is 24.4 Å². The van der Waals surface area contributed by atoms with E-state index in [4.69, 9.17) is 0 Å². The molecule has 0 aliphatic carbocycles. The summed E-state index contributed by atoms with van der Waals surface area (Å²) in [5.41, 5.74) is 0.0860. The summed E-state index contributed by atoms with van der Waals surface area (Å²) in [4.78, 5) is 24.2. The third kappa shape index (κ3) is 2.96.